The Labute approximate surface area is 183 Å². The lowest BCUT2D eigenvalue weighted by atomic mass is 9.64. The average Bonchev–Trinajstić information content (AvgIpc) is 3.14. The summed E-state index contributed by atoms with van der Waals surface area (Å²) in [6, 6.07) is -0.516. The molecule has 1 aromatic heterocycles. The van der Waals surface area contributed by atoms with Crippen molar-refractivity contribution in [3.63, 3.8) is 0 Å². The number of urea groups is 1. The molecule has 0 bridgehead atoms. The molecule has 3 rings (SSSR count). The van der Waals surface area contributed by atoms with Crippen LogP contribution in [0.25, 0.3) is 0 Å². The Morgan fingerprint density at radius 1 is 1.23 bits per heavy atom. The molecule has 1 saturated heterocycles. The first-order valence-corrected chi connectivity index (χ1v) is 10.8. The molecule has 1 aliphatic carbocycles. The third-order valence-corrected chi connectivity index (χ3v) is 6.00. The highest BCUT2D eigenvalue weighted by atomic mass is 16.5. The second-order valence-electron chi connectivity index (χ2n) is 11.6. The van der Waals surface area contributed by atoms with E-state index in [0.29, 0.717) is 30.5 Å². The zero-order chi connectivity index (χ0) is 23.4. The average molecular weight is 434 g/mol. The third kappa shape index (κ3) is 4.60. The van der Waals surface area contributed by atoms with Gasteiger partial charge in [-0.25, -0.2) is 4.79 Å². The van der Waals surface area contributed by atoms with Crippen LogP contribution in [0.4, 0.5) is 4.79 Å². The molecule has 2 N–H and O–H groups in total. The number of carbonyl (C=O) groups excluding carboxylic acids is 3. The zero-order valence-corrected chi connectivity index (χ0v) is 19.9. The molecule has 4 amide bonds. The van der Waals surface area contributed by atoms with Crippen molar-refractivity contribution in [2.45, 2.75) is 91.1 Å². The maximum absolute atomic E-state index is 13.2. The van der Waals surface area contributed by atoms with Crippen LogP contribution in [0.3, 0.4) is 0 Å². The normalized spacial score (nSPS) is 26.3. The number of amides is 4. The summed E-state index contributed by atoms with van der Waals surface area (Å²) >= 11 is 0. The molecule has 1 saturated carbocycles. The van der Waals surface area contributed by atoms with Crippen LogP contribution in [0.15, 0.2) is 4.52 Å². The largest absolute Gasteiger partial charge is 0.342 e. The fourth-order valence-electron chi connectivity index (χ4n) is 5.02. The lowest BCUT2D eigenvalue weighted by molar-refractivity contribution is -0.138. The van der Waals surface area contributed by atoms with E-state index in [1.54, 1.807) is 13.8 Å². The number of nitrogens with zero attached hydrogens (tertiary/aromatic N) is 3. The van der Waals surface area contributed by atoms with Crippen LogP contribution in [-0.2, 0) is 20.5 Å². The Balaban J connectivity index is 1.71. The summed E-state index contributed by atoms with van der Waals surface area (Å²) in [5, 5.41) is 9.72. The molecule has 31 heavy (non-hydrogen) atoms. The van der Waals surface area contributed by atoms with Gasteiger partial charge in [0.15, 0.2) is 5.82 Å². The molecule has 2 unspecified atom stereocenters. The minimum atomic E-state index is -0.928. The Morgan fingerprint density at radius 2 is 1.87 bits per heavy atom. The summed E-state index contributed by atoms with van der Waals surface area (Å²) in [7, 11) is 0. The molecular weight excluding hydrogens is 398 g/mol. The molecule has 0 aromatic carbocycles. The molecule has 9 heteroatoms. The maximum atomic E-state index is 13.2. The van der Waals surface area contributed by atoms with Crippen LogP contribution in [0, 0.1) is 11.3 Å². The summed E-state index contributed by atoms with van der Waals surface area (Å²) in [5.41, 5.74) is -2.24. The predicted octanol–water partition coefficient (Wildman–Crippen LogP) is 2.86. The van der Waals surface area contributed by atoms with Crippen LogP contribution in [0.2, 0.25) is 0 Å². The highest BCUT2D eigenvalue weighted by Crippen LogP contribution is 2.46. The number of aromatic nitrogens is 2. The molecule has 2 fully saturated rings. The van der Waals surface area contributed by atoms with Gasteiger partial charge in [0, 0.05) is 5.41 Å². The second kappa shape index (κ2) is 7.31. The summed E-state index contributed by atoms with van der Waals surface area (Å²) in [6.45, 7) is 15.3. The van der Waals surface area contributed by atoms with Gasteiger partial charge in [0.25, 0.3) is 5.91 Å². The molecule has 2 aliphatic rings. The van der Waals surface area contributed by atoms with E-state index in [1.807, 2.05) is 20.8 Å². The van der Waals surface area contributed by atoms with E-state index in [-0.39, 0.29) is 23.3 Å². The smallest absolute Gasteiger partial charge is 0.325 e. The molecule has 0 radical (unpaired) electrons. The third-order valence-electron chi connectivity index (χ3n) is 6.00. The highest BCUT2D eigenvalue weighted by Gasteiger charge is 2.56. The number of rotatable bonds is 4. The van der Waals surface area contributed by atoms with Gasteiger partial charge in [-0.1, -0.05) is 46.7 Å². The van der Waals surface area contributed by atoms with Gasteiger partial charge in [-0.15, -0.1) is 0 Å². The minimum absolute atomic E-state index is 0.0652. The van der Waals surface area contributed by atoms with Crippen molar-refractivity contribution >= 4 is 17.8 Å². The Bertz CT molecular complexity index is 898. The lowest BCUT2D eigenvalue weighted by Crippen LogP contribution is -2.54. The van der Waals surface area contributed by atoms with E-state index < -0.39 is 23.0 Å². The van der Waals surface area contributed by atoms with Crippen LogP contribution >= 0.6 is 0 Å². The number of hydrogen-bond donors (Lipinski definition) is 2. The number of imide groups is 1. The van der Waals surface area contributed by atoms with E-state index in [1.165, 1.54) is 0 Å². The molecule has 2 atom stereocenters. The Morgan fingerprint density at radius 3 is 2.42 bits per heavy atom. The first-order chi connectivity index (χ1) is 14.0. The molecule has 1 aromatic rings. The fraction of sp³-hybridized carbons (Fsp3) is 0.773. The van der Waals surface area contributed by atoms with E-state index in [9.17, 15) is 14.4 Å². The monoisotopic (exact) mass is 433 g/mol. The van der Waals surface area contributed by atoms with Gasteiger partial charge < -0.3 is 15.2 Å². The van der Waals surface area contributed by atoms with Gasteiger partial charge >= 0.3 is 6.03 Å². The molecule has 172 valence electrons. The zero-order valence-electron chi connectivity index (χ0n) is 19.9. The Kier molecular flexibility index (Phi) is 5.47. The van der Waals surface area contributed by atoms with Gasteiger partial charge in [0.05, 0.1) is 5.54 Å². The van der Waals surface area contributed by atoms with Crippen LogP contribution < -0.4 is 10.6 Å². The van der Waals surface area contributed by atoms with Crippen molar-refractivity contribution < 1.29 is 18.9 Å². The number of carbonyl (C=O) groups is 3. The summed E-state index contributed by atoms with van der Waals surface area (Å²) < 4.78 is 5.33. The quantitative estimate of drug-likeness (QED) is 0.705. The first-order valence-electron chi connectivity index (χ1n) is 10.8. The lowest BCUT2D eigenvalue weighted by Gasteiger charge is -2.43. The molecule has 1 spiro atoms. The second-order valence-corrected chi connectivity index (χ2v) is 11.6. The van der Waals surface area contributed by atoms with Crippen LogP contribution in [0.1, 0.15) is 86.4 Å². The topological polar surface area (TPSA) is 117 Å². The van der Waals surface area contributed by atoms with Gasteiger partial charge in [0.2, 0.25) is 11.8 Å². The number of hydrogen-bond acceptors (Lipinski definition) is 6. The van der Waals surface area contributed by atoms with Crippen molar-refractivity contribution in [3.05, 3.63) is 11.7 Å². The van der Waals surface area contributed by atoms with Crippen molar-refractivity contribution in [2.75, 3.05) is 6.54 Å². The van der Waals surface area contributed by atoms with Crippen LogP contribution in [-0.4, -0.2) is 45.0 Å². The maximum Gasteiger partial charge on any atom is 0.325 e. The highest BCUT2D eigenvalue weighted by molar-refractivity contribution is 6.09. The molecular formula is C22H35N5O4. The SMILES string of the molecule is CC1CC(C)(C)CC2(C1)NC(=O)N(CC(=O)NC(C)(C)c1noc(C(C)(C)C)n1)C2=O. The van der Waals surface area contributed by atoms with E-state index in [4.69, 9.17) is 4.52 Å². The summed E-state index contributed by atoms with van der Waals surface area (Å²) in [5.74, 6) is 0.323. The molecule has 9 nitrogen and oxygen atoms in total. The van der Waals surface area contributed by atoms with Gasteiger partial charge in [-0.3, -0.25) is 14.5 Å². The van der Waals surface area contributed by atoms with Crippen molar-refractivity contribution in [1.29, 1.82) is 0 Å². The minimum Gasteiger partial charge on any atom is -0.342 e. The Hall–Kier alpha value is -2.45. The standard InChI is InChI=1S/C22H35N5O4/c1-13-9-20(5,6)12-22(10-13)17(29)27(18(30)25-22)11-14(28)24-21(7,8)15-23-16(31-26-15)19(2,3)4/h13H,9-12H2,1-8H3,(H,24,28)(H,25,30). The van der Waals surface area contributed by atoms with Gasteiger partial charge in [0.1, 0.15) is 12.1 Å². The van der Waals surface area contributed by atoms with Crippen molar-refractivity contribution in [2.24, 2.45) is 11.3 Å². The number of nitrogens with one attached hydrogen (secondary N) is 2. The molecule has 1 aliphatic heterocycles. The predicted molar refractivity (Wildman–Crippen MR) is 114 cm³/mol. The first kappa shape index (κ1) is 23.2. The van der Waals surface area contributed by atoms with Crippen LogP contribution in [0.5, 0.6) is 0 Å². The summed E-state index contributed by atoms with van der Waals surface area (Å²) in [6.07, 6.45) is 2.15. The fourth-order valence-corrected chi connectivity index (χ4v) is 5.02. The summed E-state index contributed by atoms with van der Waals surface area (Å²) in [4.78, 5) is 44.1. The molecule has 2 heterocycles. The van der Waals surface area contributed by atoms with Crippen molar-refractivity contribution in [1.82, 2.24) is 25.7 Å². The van der Waals surface area contributed by atoms with Gasteiger partial charge in [-0.2, -0.15) is 4.98 Å². The van der Waals surface area contributed by atoms with E-state index in [2.05, 4.69) is 41.5 Å². The van der Waals surface area contributed by atoms with Gasteiger partial charge in [-0.05, 0) is 44.4 Å². The van der Waals surface area contributed by atoms with E-state index in [0.717, 1.165) is 11.3 Å². The van der Waals surface area contributed by atoms with E-state index >= 15 is 0 Å². The van der Waals surface area contributed by atoms with Crippen molar-refractivity contribution in [3.8, 4) is 0 Å².